The van der Waals surface area contributed by atoms with Gasteiger partial charge in [0.15, 0.2) is 0 Å². The van der Waals surface area contributed by atoms with Crippen molar-refractivity contribution in [1.82, 2.24) is 14.9 Å². The third-order valence-corrected chi connectivity index (χ3v) is 6.44. The number of anilines is 1. The van der Waals surface area contributed by atoms with E-state index in [4.69, 9.17) is 4.98 Å². The van der Waals surface area contributed by atoms with Crippen LogP contribution in [0, 0.1) is 6.92 Å². The molecule has 1 aromatic carbocycles. The Balaban J connectivity index is 0.00000171. The van der Waals surface area contributed by atoms with Gasteiger partial charge in [-0.3, -0.25) is 9.78 Å². The molecule has 0 N–H and O–H groups in total. The minimum absolute atomic E-state index is 0. The number of benzene rings is 1. The van der Waals surface area contributed by atoms with E-state index in [1.165, 1.54) is 17.0 Å². The lowest BCUT2D eigenvalue weighted by Crippen LogP contribution is -2.48. The van der Waals surface area contributed by atoms with E-state index < -0.39 is 0 Å². The van der Waals surface area contributed by atoms with E-state index in [9.17, 15) is 4.79 Å². The van der Waals surface area contributed by atoms with Crippen molar-refractivity contribution in [2.45, 2.75) is 26.7 Å². The summed E-state index contributed by atoms with van der Waals surface area (Å²) in [5.41, 5.74) is 4.15. The van der Waals surface area contributed by atoms with Crippen LogP contribution >= 0.6 is 36.2 Å². The van der Waals surface area contributed by atoms with E-state index in [0.717, 1.165) is 65.9 Å². The van der Waals surface area contributed by atoms with Crippen LogP contribution in [-0.4, -0.2) is 47.0 Å². The maximum absolute atomic E-state index is 13.1. The van der Waals surface area contributed by atoms with Crippen molar-refractivity contribution >= 4 is 47.7 Å². The first-order valence-corrected chi connectivity index (χ1v) is 11.0. The molecule has 4 rings (SSSR count). The average molecular weight is 479 g/mol. The van der Waals surface area contributed by atoms with E-state index >= 15 is 0 Å². The van der Waals surface area contributed by atoms with Crippen molar-refractivity contribution in [3.63, 3.8) is 0 Å². The van der Waals surface area contributed by atoms with Crippen molar-refractivity contribution < 1.29 is 4.79 Å². The number of thiazole rings is 1. The van der Waals surface area contributed by atoms with Gasteiger partial charge in [0.2, 0.25) is 0 Å². The minimum atomic E-state index is 0. The Bertz CT molecular complexity index is 988. The lowest BCUT2D eigenvalue weighted by molar-refractivity contribution is 0.0750. The zero-order chi connectivity index (χ0) is 20.2. The Morgan fingerprint density at radius 3 is 2.45 bits per heavy atom. The molecule has 0 saturated carbocycles. The standard InChI is InChI=1S/C23H26N4OS.2ClH/c1-3-7-19-16-18(10-11-24-19)22-25-17(2)21(29-22)23(28)27-14-12-26(13-15-27)20-8-5-4-6-9-20;;/h4-6,8-11,16H,3,7,12-15H2,1-2H3;2*1H. The Labute approximate surface area is 200 Å². The van der Waals surface area contributed by atoms with Gasteiger partial charge in [-0.15, -0.1) is 36.2 Å². The van der Waals surface area contributed by atoms with Crippen molar-refractivity contribution in [1.29, 1.82) is 0 Å². The summed E-state index contributed by atoms with van der Waals surface area (Å²) in [6.45, 7) is 7.25. The summed E-state index contributed by atoms with van der Waals surface area (Å²) in [4.78, 5) is 27.3. The number of aromatic nitrogens is 2. The van der Waals surface area contributed by atoms with Crippen LogP contribution in [0.2, 0.25) is 0 Å². The summed E-state index contributed by atoms with van der Waals surface area (Å²) in [7, 11) is 0. The van der Waals surface area contributed by atoms with Gasteiger partial charge in [-0.05, 0) is 37.6 Å². The van der Waals surface area contributed by atoms with Crippen molar-refractivity contribution in [3.8, 4) is 10.6 Å². The minimum Gasteiger partial charge on any atom is -0.368 e. The van der Waals surface area contributed by atoms with Gasteiger partial charge >= 0.3 is 0 Å². The number of aryl methyl sites for hydroxylation is 2. The van der Waals surface area contributed by atoms with Crippen LogP contribution in [0.15, 0.2) is 48.7 Å². The third kappa shape index (κ3) is 5.76. The first kappa shape index (κ1) is 25.1. The van der Waals surface area contributed by atoms with Crippen molar-refractivity contribution in [2.24, 2.45) is 0 Å². The molecule has 1 aliphatic heterocycles. The molecular weight excluding hydrogens is 451 g/mol. The van der Waals surface area contributed by atoms with Crippen LogP contribution in [-0.2, 0) is 6.42 Å². The number of amides is 1. The van der Waals surface area contributed by atoms with Crippen LogP contribution in [0.1, 0.15) is 34.4 Å². The van der Waals surface area contributed by atoms with Gasteiger partial charge in [0, 0.05) is 49.3 Å². The number of hydrogen-bond donors (Lipinski definition) is 0. The van der Waals surface area contributed by atoms with Gasteiger partial charge in [0.25, 0.3) is 5.91 Å². The Morgan fingerprint density at radius 2 is 1.77 bits per heavy atom. The lowest BCUT2D eigenvalue weighted by Gasteiger charge is -2.36. The summed E-state index contributed by atoms with van der Waals surface area (Å²) < 4.78 is 0. The van der Waals surface area contributed by atoms with Crippen molar-refractivity contribution in [2.75, 3.05) is 31.1 Å². The Hall–Kier alpha value is -2.15. The number of nitrogens with zero attached hydrogens (tertiary/aromatic N) is 4. The fourth-order valence-electron chi connectivity index (χ4n) is 3.67. The lowest BCUT2D eigenvalue weighted by atomic mass is 10.2. The van der Waals surface area contributed by atoms with Gasteiger partial charge in [0.1, 0.15) is 9.88 Å². The normalized spacial score (nSPS) is 13.4. The average Bonchev–Trinajstić information content (AvgIpc) is 3.16. The molecule has 1 saturated heterocycles. The highest BCUT2D eigenvalue weighted by Crippen LogP contribution is 2.29. The molecule has 5 nitrogen and oxygen atoms in total. The molecule has 0 spiro atoms. The van der Waals surface area contributed by atoms with Crippen LogP contribution in [0.4, 0.5) is 5.69 Å². The summed E-state index contributed by atoms with van der Waals surface area (Å²) >= 11 is 1.49. The molecule has 1 aliphatic rings. The zero-order valence-electron chi connectivity index (χ0n) is 17.8. The summed E-state index contributed by atoms with van der Waals surface area (Å²) in [6, 6.07) is 14.5. The highest BCUT2D eigenvalue weighted by molar-refractivity contribution is 7.17. The second-order valence-electron chi connectivity index (χ2n) is 7.33. The van der Waals surface area contributed by atoms with E-state index in [1.54, 1.807) is 0 Å². The SMILES string of the molecule is CCCc1cc(-c2nc(C)c(C(=O)N3CCN(c4ccccc4)CC3)s2)ccn1.Cl.Cl. The molecule has 2 aromatic heterocycles. The maximum Gasteiger partial charge on any atom is 0.265 e. The number of para-hydroxylation sites is 1. The molecule has 8 heteroatoms. The number of hydrogen-bond acceptors (Lipinski definition) is 5. The van der Waals surface area contributed by atoms with E-state index in [-0.39, 0.29) is 30.7 Å². The van der Waals surface area contributed by atoms with Gasteiger partial charge in [-0.25, -0.2) is 4.98 Å². The third-order valence-electron chi connectivity index (χ3n) is 5.25. The Morgan fingerprint density at radius 1 is 1.06 bits per heavy atom. The molecule has 0 radical (unpaired) electrons. The Kier molecular flexibility index (Phi) is 9.29. The van der Waals surface area contributed by atoms with Crippen molar-refractivity contribution in [3.05, 3.63) is 64.9 Å². The molecule has 31 heavy (non-hydrogen) atoms. The smallest absolute Gasteiger partial charge is 0.265 e. The molecule has 0 bridgehead atoms. The highest BCUT2D eigenvalue weighted by atomic mass is 35.5. The number of halogens is 2. The predicted octanol–water partition coefficient (Wildman–Crippen LogP) is 5.27. The summed E-state index contributed by atoms with van der Waals surface area (Å²) in [6.07, 6.45) is 3.85. The van der Waals surface area contributed by atoms with Gasteiger partial charge in [-0.2, -0.15) is 0 Å². The van der Waals surface area contributed by atoms with E-state index in [2.05, 4.69) is 47.1 Å². The number of rotatable bonds is 5. The molecule has 1 fully saturated rings. The molecule has 0 atom stereocenters. The first-order chi connectivity index (χ1) is 14.2. The second kappa shape index (κ2) is 11.5. The van der Waals surface area contributed by atoms with Crippen LogP contribution in [0.5, 0.6) is 0 Å². The molecule has 3 heterocycles. The molecular formula is C23H28Cl2N4OS. The second-order valence-corrected chi connectivity index (χ2v) is 8.33. The van der Waals surface area contributed by atoms with Crippen LogP contribution in [0.3, 0.4) is 0 Å². The van der Waals surface area contributed by atoms with E-state index in [0.29, 0.717) is 0 Å². The van der Waals surface area contributed by atoms with Gasteiger partial charge in [-0.1, -0.05) is 31.5 Å². The number of carbonyl (C=O) groups is 1. The summed E-state index contributed by atoms with van der Waals surface area (Å²) in [5.74, 6) is 0.0989. The number of carbonyl (C=O) groups excluding carboxylic acids is 1. The fourth-order valence-corrected chi connectivity index (χ4v) is 4.70. The zero-order valence-corrected chi connectivity index (χ0v) is 20.2. The topological polar surface area (TPSA) is 49.3 Å². The largest absolute Gasteiger partial charge is 0.368 e. The monoisotopic (exact) mass is 478 g/mol. The van der Waals surface area contributed by atoms with Crippen LogP contribution < -0.4 is 4.90 Å². The molecule has 0 aliphatic carbocycles. The molecule has 3 aromatic rings. The maximum atomic E-state index is 13.1. The molecule has 1 amide bonds. The fraction of sp³-hybridized carbons (Fsp3) is 0.348. The quantitative estimate of drug-likeness (QED) is 0.500. The van der Waals surface area contributed by atoms with Gasteiger partial charge < -0.3 is 9.80 Å². The molecule has 166 valence electrons. The first-order valence-electron chi connectivity index (χ1n) is 10.2. The number of pyridine rings is 1. The van der Waals surface area contributed by atoms with Gasteiger partial charge in [0.05, 0.1) is 5.69 Å². The predicted molar refractivity (Wildman–Crippen MR) is 133 cm³/mol. The van der Waals surface area contributed by atoms with E-state index in [1.807, 2.05) is 30.2 Å². The summed E-state index contributed by atoms with van der Waals surface area (Å²) in [5, 5.41) is 0.897. The number of piperazine rings is 1. The molecule has 0 unspecified atom stereocenters. The highest BCUT2D eigenvalue weighted by Gasteiger charge is 2.25. The van der Waals surface area contributed by atoms with Crippen LogP contribution in [0.25, 0.3) is 10.6 Å².